The molecule has 188 valence electrons. The summed E-state index contributed by atoms with van der Waals surface area (Å²) in [7, 11) is 1.21. The molecule has 11 heteroatoms. The molecule has 0 unspecified atom stereocenters. The van der Waals surface area contributed by atoms with Crippen LogP contribution < -0.4 is 10.6 Å². The lowest BCUT2D eigenvalue weighted by molar-refractivity contribution is -0.145. The van der Waals surface area contributed by atoms with Crippen LogP contribution in [0.15, 0.2) is 36.4 Å². The number of methoxy groups -OCH3 is 1. The molecule has 1 saturated heterocycles. The van der Waals surface area contributed by atoms with Gasteiger partial charge in [-0.25, -0.2) is 9.37 Å². The minimum atomic E-state index is -1.07. The van der Waals surface area contributed by atoms with Gasteiger partial charge in [-0.2, -0.15) is 0 Å². The van der Waals surface area contributed by atoms with E-state index in [1.165, 1.54) is 31.1 Å². The van der Waals surface area contributed by atoms with Gasteiger partial charge in [0.25, 0.3) is 5.91 Å². The zero-order chi connectivity index (χ0) is 26.0. The van der Waals surface area contributed by atoms with Crippen LogP contribution >= 0.6 is 0 Å². The van der Waals surface area contributed by atoms with E-state index in [1.54, 1.807) is 28.8 Å². The number of halogens is 1. The number of imidazole rings is 1. The average Bonchev–Trinajstić information content (AvgIpc) is 3.22. The van der Waals surface area contributed by atoms with E-state index in [2.05, 4.69) is 15.6 Å². The molecule has 0 radical (unpaired) electrons. The van der Waals surface area contributed by atoms with Gasteiger partial charge in [0.05, 0.1) is 35.7 Å². The van der Waals surface area contributed by atoms with Gasteiger partial charge in [-0.1, -0.05) is 12.1 Å². The lowest BCUT2D eigenvalue weighted by Crippen LogP contribution is -2.57. The van der Waals surface area contributed by atoms with Crippen LogP contribution in [0.3, 0.4) is 0 Å². The van der Waals surface area contributed by atoms with E-state index in [0.717, 1.165) is 0 Å². The fourth-order valence-corrected chi connectivity index (χ4v) is 4.42. The Balaban J connectivity index is 1.91. The zero-order valence-corrected chi connectivity index (χ0v) is 20.1. The van der Waals surface area contributed by atoms with Crippen LogP contribution in [0.2, 0.25) is 0 Å². The lowest BCUT2D eigenvalue weighted by Gasteiger charge is -2.34. The molecule has 2 aromatic carbocycles. The molecule has 3 aromatic rings. The predicted molar refractivity (Wildman–Crippen MR) is 130 cm³/mol. The molecule has 1 aliphatic heterocycles. The molecule has 10 nitrogen and oxygen atoms in total. The molecule has 0 bridgehead atoms. The van der Waals surface area contributed by atoms with E-state index in [9.17, 15) is 23.6 Å². The molecule has 0 spiro atoms. The van der Waals surface area contributed by atoms with Crippen LogP contribution in [0.1, 0.15) is 30.6 Å². The molecule has 0 aliphatic carbocycles. The smallest absolute Gasteiger partial charge is 0.308 e. The maximum Gasteiger partial charge on any atom is 0.308 e. The van der Waals surface area contributed by atoms with Crippen molar-refractivity contribution in [3.8, 4) is 11.4 Å². The zero-order valence-electron chi connectivity index (χ0n) is 20.1. The van der Waals surface area contributed by atoms with Crippen molar-refractivity contribution in [2.45, 2.75) is 32.9 Å². The van der Waals surface area contributed by atoms with Gasteiger partial charge in [-0.3, -0.25) is 19.2 Å². The van der Waals surface area contributed by atoms with Crippen molar-refractivity contribution in [1.82, 2.24) is 19.8 Å². The van der Waals surface area contributed by atoms with Gasteiger partial charge in [-0.05, 0) is 31.2 Å². The van der Waals surface area contributed by atoms with E-state index in [0.29, 0.717) is 29.1 Å². The first-order chi connectivity index (χ1) is 17.2. The van der Waals surface area contributed by atoms with Crippen LogP contribution in [0, 0.1) is 5.82 Å². The van der Waals surface area contributed by atoms with Crippen LogP contribution in [0.4, 0.5) is 10.1 Å². The quantitative estimate of drug-likeness (QED) is 0.506. The molecular formula is C25H26FN5O5. The number of amides is 3. The second kappa shape index (κ2) is 10.1. The second-order valence-electron chi connectivity index (χ2n) is 8.32. The Morgan fingerprint density at radius 3 is 2.67 bits per heavy atom. The molecule has 0 saturated carbocycles. The van der Waals surface area contributed by atoms with E-state index in [4.69, 9.17) is 4.74 Å². The Morgan fingerprint density at radius 2 is 2.00 bits per heavy atom. The summed E-state index contributed by atoms with van der Waals surface area (Å²) in [5.41, 5.74) is 1.55. The Bertz CT molecular complexity index is 1370. The van der Waals surface area contributed by atoms with Crippen molar-refractivity contribution in [1.29, 1.82) is 0 Å². The maximum atomic E-state index is 14.7. The number of carbonyl (C=O) groups excluding carboxylic acids is 4. The van der Waals surface area contributed by atoms with Crippen LogP contribution in [-0.4, -0.2) is 64.4 Å². The molecule has 3 amide bonds. The highest BCUT2D eigenvalue weighted by molar-refractivity contribution is 6.09. The number of nitrogens with one attached hydrogen (secondary N) is 2. The third kappa shape index (κ3) is 4.64. The summed E-state index contributed by atoms with van der Waals surface area (Å²) in [5, 5.41) is 5.34. The first kappa shape index (κ1) is 24.8. The third-order valence-electron chi connectivity index (χ3n) is 6.00. The van der Waals surface area contributed by atoms with E-state index in [1.807, 2.05) is 6.92 Å². The summed E-state index contributed by atoms with van der Waals surface area (Å²) in [5.74, 6) is -2.12. The van der Waals surface area contributed by atoms with Crippen molar-refractivity contribution in [3.63, 3.8) is 0 Å². The number of esters is 1. The number of hydrogen-bond acceptors (Lipinski definition) is 6. The summed E-state index contributed by atoms with van der Waals surface area (Å²) < 4.78 is 21.1. The minimum absolute atomic E-state index is 0.165. The summed E-state index contributed by atoms with van der Waals surface area (Å²) >= 11 is 0. The molecule has 1 aliphatic rings. The monoisotopic (exact) mass is 495 g/mol. The van der Waals surface area contributed by atoms with Crippen molar-refractivity contribution in [2.24, 2.45) is 0 Å². The second-order valence-corrected chi connectivity index (χ2v) is 8.32. The molecular weight excluding hydrogens is 469 g/mol. The minimum Gasteiger partial charge on any atom is -0.469 e. The molecule has 2 N–H and O–H groups in total. The number of ether oxygens (including phenoxy) is 1. The fraction of sp³-hybridized carbons (Fsp3) is 0.320. The van der Waals surface area contributed by atoms with Gasteiger partial charge in [-0.15, -0.1) is 0 Å². The highest BCUT2D eigenvalue weighted by atomic mass is 19.1. The SMILES string of the molecule is CCn1c(-c2ccccc2F)nc2cc(NC(C)=O)cc(C(=O)N3CCNC(=O)[C@@H]3CC(=O)OC)c21. The maximum absolute atomic E-state index is 14.7. The Hall–Kier alpha value is -4.28. The number of hydrogen-bond donors (Lipinski definition) is 2. The Kier molecular flexibility index (Phi) is 7.00. The largest absolute Gasteiger partial charge is 0.469 e. The van der Waals surface area contributed by atoms with E-state index >= 15 is 0 Å². The van der Waals surface area contributed by atoms with Gasteiger partial charge >= 0.3 is 5.97 Å². The Labute approximate surface area is 206 Å². The number of piperazine rings is 1. The fourth-order valence-electron chi connectivity index (χ4n) is 4.42. The van der Waals surface area contributed by atoms with Gasteiger partial charge in [0.1, 0.15) is 17.7 Å². The van der Waals surface area contributed by atoms with Gasteiger partial charge in [0, 0.05) is 32.2 Å². The van der Waals surface area contributed by atoms with Crippen molar-refractivity contribution in [2.75, 3.05) is 25.5 Å². The van der Waals surface area contributed by atoms with Crippen molar-refractivity contribution in [3.05, 3.63) is 47.8 Å². The highest BCUT2D eigenvalue weighted by Crippen LogP contribution is 2.32. The van der Waals surface area contributed by atoms with Gasteiger partial charge < -0.3 is 24.8 Å². The van der Waals surface area contributed by atoms with Crippen LogP contribution in [-0.2, 0) is 25.7 Å². The molecule has 1 atom stereocenters. The van der Waals surface area contributed by atoms with Crippen LogP contribution in [0.25, 0.3) is 22.4 Å². The number of carbonyl (C=O) groups is 4. The van der Waals surface area contributed by atoms with E-state index in [-0.39, 0.29) is 36.5 Å². The summed E-state index contributed by atoms with van der Waals surface area (Å²) in [6.07, 6.45) is -0.309. The van der Waals surface area contributed by atoms with Gasteiger partial charge in [0.15, 0.2) is 0 Å². The van der Waals surface area contributed by atoms with Crippen molar-refractivity contribution >= 4 is 40.4 Å². The normalized spacial score (nSPS) is 15.5. The summed E-state index contributed by atoms with van der Waals surface area (Å²) in [6, 6.07) is 8.24. The number of nitrogens with zero attached hydrogens (tertiary/aromatic N) is 3. The standard InChI is InChI=1S/C25H26FN5O5/c1-4-30-22-17(25(35)31-10-9-27-24(34)20(31)13-21(33)36-3)11-15(28-14(2)32)12-19(22)29-23(30)16-7-5-6-8-18(16)26/h5-8,11-12,20H,4,9-10,13H2,1-3H3,(H,27,34)(H,28,32)/t20-/m0/s1. The summed E-state index contributed by atoms with van der Waals surface area (Å²) in [4.78, 5) is 56.2. The average molecular weight is 496 g/mol. The number of aryl methyl sites for hydroxylation is 1. The van der Waals surface area contributed by atoms with Crippen molar-refractivity contribution < 1.29 is 28.3 Å². The number of aromatic nitrogens is 2. The lowest BCUT2D eigenvalue weighted by atomic mass is 10.0. The first-order valence-corrected chi connectivity index (χ1v) is 11.5. The van der Waals surface area contributed by atoms with E-state index < -0.39 is 29.6 Å². The number of anilines is 1. The van der Waals surface area contributed by atoms with Gasteiger partial charge in [0.2, 0.25) is 11.8 Å². The highest BCUT2D eigenvalue weighted by Gasteiger charge is 2.37. The molecule has 2 heterocycles. The molecule has 36 heavy (non-hydrogen) atoms. The number of rotatable bonds is 6. The van der Waals surface area contributed by atoms with Crippen LogP contribution in [0.5, 0.6) is 0 Å². The number of benzene rings is 2. The predicted octanol–water partition coefficient (Wildman–Crippen LogP) is 2.32. The number of fused-ring (bicyclic) bond motifs is 1. The molecule has 4 rings (SSSR count). The first-order valence-electron chi connectivity index (χ1n) is 11.5. The molecule has 1 aromatic heterocycles. The topological polar surface area (TPSA) is 123 Å². The molecule has 1 fully saturated rings. The Morgan fingerprint density at radius 1 is 1.25 bits per heavy atom. The summed E-state index contributed by atoms with van der Waals surface area (Å²) in [6.45, 7) is 3.92. The third-order valence-corrected chi connectivity index (χ3v) is 6.00.